The lowest BCUT2D eigenvalue weighted by Crippen LogP contribution is -2.35. The highest BCUT2D eigenvalue weighted by Gasteiger charge is 2.47. The van der Waals surface area contributed by atoms with E-state index >= 15 is 0 Å². The Bertz CT molecular complexity index is 1550. The zero-order chi connectivity index (χ0) is 27.1. The highest BCUT2D eigenvalue weighted by atomic mass is 35.5. The summed E-state index contributed by atoms with van der Waals surface area (Å²) in [5.74, 6) is -1.36. The zero-order valence-electron chi connectivity index (χ0n) is 19.6. The van der Waals surface area contributed by atoms with Crippen molar-refractivity contribution in [2.75, 3.05) is 5.32 Å². The van der Waals surface area contributed by atoms with Crippen molar-refractivity contribution < 1.29 is 32.6 Å². The molecule has 0 aliphatic heterocycles. The van der Waals surface area contributed by atoms with Crippen molar-refractivity contribution in [1.82, 2.24) is 15.1 Å². The number of aromatic nitrogens is 2. The van der Waals surface area contributed by atoms with Crippen molar-refractivity contribution in [3.05, 3.63) is 83.0 Å². The molecule has 2 amide bonds. The number of halogens is 4. The maximum atomic E-state index is 13.1. The lowest BCUT2D eigenvalue weighted by atomic mass is 10.1. The topological polar surface area (TPSA) is 105 Å². The Morgan fingerprint density at radius 3 is 2.61 bits per heavy atom. The monoisotopic (exact) mass is 544 g/mol. The summed E-state index contributed by atoms with van der Waals surface area (Å²) >= 11 is 6.27. The van der Waals surface area contributed by atoms with Crippen LogP contribution in [0, 0.1) is 0 Å². The summed E-state index contributed by atoms with van der Waals surface area (Å²) in [6, 6.07) is 15.2. The van der Waals surface area contributed by atoms with Gasteiger partial charge in [0.1, 0.15) is 11.4 Å². The van der Waals surface area contributed by atoms with Crippen LogP contribution in [0.1, 0.15) is 28.8 Å². The van der Waals surface area contributed by atoms with Gasteiger partial charge in [-0.3, -0.25) is 9.59 Å². The number of carbonyl (C=O) groups excluding carboxylic acids is 2. The maximum absolute atomic E-state index is 13.1. The van der Waals surface area contributed by atoms with Gasteiger partial charge in [-0.25, -0.2) is 4.68 Å². The summed E-state index contributed by atoms with van der Waals surface area (Å²) in [6.07, 6.45) is -2.51. The molecule has 8 nitrogen and oxygen atoms in total. The first kappa shape index (κ1) is 25.6. The van der Waals surface area contributed by atoms with Crippen LogP contribution in [0.2, 0.25) is 5.02 Å². The normalized spacial score (nSPS) is 14.2. The second-order valence-electron chi connectivity index (χ2n) is 8.82. The number of nitrogens with one attached hydrogen (secondary N) is 2. The van der Waals surface area contributed by atoms with Gasteiger partial charge in [-0.2, -0.15) is 5.10 Å². The van der Waals surface area contributed by atoms with Crippen LogP contribution >= 0.6 is 11.6 Å². The minimum absolute atomic E-state index is 0.109. The number of fused-ring (bicyclic) bond motifs is 1. The Morgan fingerprint density at radius 2 is 1.87 bits per heavy atom. The molecule has 1 aliphatic rings. The van der Waals surface area contributed by atoms with Gasteiger partial charge in [0.05, 0.1) is 33.7 Å². The summed E-state index contributed by atoms with van der Waals surface area (Å²) in [5, 5.41) is 20.4. The molecule has 0 bridgehead atoms. The molecular formula is C26H20ClF3N4O4. The van der Waals surface area contributed by atoms with E-state index in [1.807, 2.05) is 0 Å². The minimum Gasteiger partial charge on any atom is -0.406 e. The number of hydrogen-bond donors (Lipinski definition) is 3. The summed E-state index contributed by atoms with van der Waals surface area (Å²) in [4.78, 5) is 25.1. The van der Waals surface area contributed by atoms with Crippen LogP contribution < -0.4 is 15.4 Å². The van der Waals surface area contributed by atoms with Gasteiger partial charge in [0, 0.05) is 18.0 Å². The molecule has 0 atom stereocenters. The highest BCUT2D eigenvalue weighted by molar-refractivity contribution is 6.34. The number of nitrogens with zero attached hydrogens (tertiary/aromatic N) is 2. The zero-order valence-corrected chi connectivity index (χ0v) is 20.3. The fourth-order valence-corrected chi connectivity index (χ4v) is 4.12. The number of anilines is 1. The number of benzene rings is 3. The van der Waals surface area contributed by atoms with Gasteiger partial charge in [-0.05, 0) is 54.8 Å². The van der Waals surface area contributed by atoms with Gasteiger partial charge in [0.15, 0.2) is 0 Å². The third kappa shape index (κ3) is 5.43. The molecule has 0 spiro atoms. The number of alkyl halides is 3. The molecule has 1 aromatic heterocycles. The molecular weight excluding hydrogens is 525 g/mol. The molecule has 1 heterocycles. The van der Waals surface area contributed by atoms with Crippen LogP contribution in [0.25, 0.3) is 16.6 Å². The number of rotatable bonds is 7. The van der Waals surface area contributed by atoms with Gasteiger partial charge < -0.3 is 20.5 Å². The van der Waals surface area contributed by atoms with E-state index in [-0.39, 0.29) is 22.9 Å². The van der Waals surface area contributed by atoms with Gasteiger partial charge in [0.2, 0.25) is 0 Å². The summed E-state index contributed by atoms with van der Waals surface area (Å²) in [7, 11) is 0. The third-order valence-electron chi connectivity index (χ3n) is 6.03. The van der Waals surface area contributed by atoms with Gasteiger partial charge >= 0.3 is 6.36 Å². The summed E-state index contributed by atoms with van der Waals surface area (Å²) < 4.78 is 43.4. The first-order valence-electron chi connectivity index (χ1n) is 11.5. The fourth-order valence-electron chi connectivity index (χ4n) is 3.92. The van der Waals surface area contributed by atoms with E-state index in [1.165, 1.54) is 29.1 Å². The van der Waals surface area contributed by atoms with E-state index in [9.17, 15) is 27.9 Å². The second-order valence-corrected chi connectivity index (χ2v) is 9.23. The van der Waals surface area contributed by atoms with Crippen LogP contribution in [0.5, 0.6) is 5.75 Å². The average molecular weight is 545 g/mol. The van der Waals surface area contributed by atoms with Crippen LogP contribution in [-0.2, 0) is 11.3 Å². The van der Waals surface area contributed by atoms with Crippen LogP contribution in [0.3, 0.4) is 0 Å². The maximum Gasteiger partial charge on any atom is 0.573 e. The molecule has 1 fully saturated rings. The number of aliphatic hydroxyl groups is 1. The predicted octanol–water partition coefficient (Wildman–Crippen LogP) is 4.97. The lowest BCUT2D eigenvalue weighted by molar-refractivity contribution is -0.274. The first-order valence-corrected chi connectivity index (χ1v) is 11.8. The summed E-state index contributed by atoms with van der Waals surface area (Å²) in [5.41, 5.74) is 0.759. The number of hydrogen-bond acceptors (Lipinski definition) is 5. The van der Waals surface area contributed by atoms with E-state index in [0.29, 0.717) is 40.7 Å². The quantitative estimate of drug-likeness (QED) is 0.305. The van der Waals surface area contributed by atoms with Crippen LogP contribution in [0.15, 0.2) is 66.9 Å². The number of carbonyl (C=O) groups is 2. The van der Waals surface area contributed by atoms with Crippen molar-refractivity contribution in [2.45, 2.75) is 31.3 Å². The van der Waals surface area contributed by atoms with Gasteiger partial charge in [-0.15, -0.1) is 13.2 Å². The van der Waals surface area contributed by atoms with Crippen molar-refractivity contribution >= 4 is 40.0 Å². The second kappa shape index (κ2) is 9.66. The Balaban J connectivity index is 1.37. The van der Waals surface area contributed by atoms with E-state index in [4.69, 9.17) is 11.6 Å². The van der Waals surface area contributed by atoms with Crippen molar-refractivity contribution in [2.24, 2.45) is 0 Å². The molecule has 0 saturated heterocycles. The van der Waals surface area contributed by atoms with E-state index in [0.717, 1.165) is 0 Å². The van der Waals surface area contributed by atoms with E-state index in [1.54, 1.807) is 42.5 Å². The van der Waals surface area contributed by atoms with Crippen molar-refractivity contribution in [3.8, 4) is 11.4 Å². The lowest BCUT2D eigenvalue weighted by Gasteiger charge is -2.12. The molecule has 38 heavy (non-hydrogen) atoms. The molecule has 4 aromatic rings. The number of amides is 2. The van der Waals surface area contributed by atoms with E-state index < -0.39 is 23.8 Å². The third-order valence-corrected chi connectivity index (χ3v) is 6.36. The molecule has 3 aromatic carbocycles. The molecule has 5 rings (SSSR count). The molecule has 0 unspecified atom stereocenters. The summed E-state index contributed by atoms with van der Waals surface area (Å²) in [6.45, 7) is 0.109. The smallest absolute Gasteiger partial charge is 0.406 e. The average Bonchev–Trinajstić information content (AvgIpc) is 3.47. The first-order chi connectivity index (χ1) is 18.0. The molecule has 12 heteroatoms. The SMILES string of the molecule is O=C(Nc1cccc2c1cnn2-c1cccc(OC(F)(F)F)c1)c1cc(CNC(=O)C2(O)CC2)ccc1Cl. The molecule has 1 aliphatic carbocycles. The van der Waals surface area contributed by atoms with Crippen molar-refractivity contribution in [3.63, 3.8) is 0 Å². The van der Waals surface area contributed by atoms with Crippen LogP contribution in [-0.4, -0.2) is 38.7 Å². The largest absolute Gasteiger partial charge is 0.573 e. The van der Waals surface area contributed by atoms with E-state index in [2.05, 4.69) is 20.5 Å². The molecule has 196 valence electrons. The fraction of sp³-hybridized carbons (Fsp3) is 0.192. The van der Waals surface area contributed by atoms with Gasteiger partial charge in [0.25, 0.3) is 11.8 Å². The Hall–Kier alpha value is -4.09. The Morgan fingerprint density at radius 1 is 1.11 bits per heavy atom. The molecule has 0 radical (unpaired) electrons. The van der Waals surface area contributed by atoms with Crippen molar-refractivity contribution in [1.29, 1.82) is 0 Å². The Labute approximate surface area is 219 Å². The minimum atomic E-state index is -4.83. The van der Waals surface area contributed by atoms with Gasteiger partial charge in [-0.1, -0.05) is 29.8 Å². The predicted molar refractivity (Wildman–Crippen MR) is 133 cm³/mol. The van der Waals surface area contributed by atoms with Crippen LogP contribution in [0.4, 0.5) is 18.9 Å². The highest BCUT2D eigenvalue weighted by Crippen LogP contribution is 2.35. The number of ether oxygens (including phenoxy) is 1. The Kier molecular flexibility index (Phi) is 6.49. The molecule has 3 N–H and O–H groups in total. The molecule has 1 saturated carbocycles. The standard InChI is InChI=1S/C26H20ClF3N4O4/c27-20-8-7-15(13-31-24(36)25(37)9-10-25)11-18(20)23(35)33-21-5-2-6-22-19(21)14-32-34(22)16-3-1-4-17(12-16)38-26(28,29)30/h1-8,11-12,14,37H,9-10,13H2,(H,31,36)(H,33,35).